The Hall–Kier alpha value is -2.08. The van der Waals surface area contributed by atoms with Crippen LogP contribution in [0.3, 0.4) is 0 Å². The van der Waals surface area contributed by atoms with Crippen LogP contribution in [0.4, 0.5) is 0 Å². The van der Waals surface area contributed by atoms with Crippen molar-refractivity contribution in [3.63, 3.8) is 0 Å². The Balaban J connectivity index is 2.58. The van der Waals surface area contributed by atoms with E-state index in [0.29, 0.717) is 12.3 Å². The molecular weight excluding hydrogens is 272 g/mol. The van der Waals surface area contributed by atoms with E-state index in [1.807, 2.05) is 31.2 Å². The first-order valence-electron chi connectivity index (χ1n) is 6.85. The van der Waals surface area contributed by atoms with Gasteiger partial charge >= 0.3 is 11.8 Å². The number of benzene rings is 1. The molecule has 0 aliphatic rings. The largest absolute Gasteiger partial charge is 0.497 e. The third-order valence-electron chi connectivity index (χ3n) is 2.94. The molecule has 21 heavy (non-hydrogen) atoms. The number of amides is 2. The van der Waals surface area contributed by atoms with Crippen molar-refractivity contribution in [1.82, 2.24) is 10.6 Å². The monoisotopic (exact) mass is 294 g/mol. The third-order valence-corrected chi connectivity index (χ3v) is 2.94. The highest BCUT2D eigenvalue weighted by Gasteiger charge is 2.16. The number of carbonyl (C=O) groups is 2. The molecule has 0 saturated heterocycles. The van der Waals surface area contributed by atoms with Crippen molar-refractivity contribution in [2.24, 2.45) is 0 Å². The summed E-state index contributed by atoms with van der Waals surface area (Å²) in [6.45, 7) is 2.61. The number of hydrogen-bond acceptors (Lipinski definition) is 4. The van der Waals surface area contributed by atoms with Gasteiger partial charge in [-0.1, -0.05) is 19.1 Å². The van der Waals surface area contributed by atoms with Crippen molar-refractivity contribution in [1.29, 1.82) is 0 Å². The van der Waals surface area contributed by atoms with Crippen LogP contribution in [0, 0.1) is 0 Å². The van der Waals surface area contributed by atoms with Gasteiger partial charge in [-0.15, -0.1) is 0 Å². The van der Waals surface area contributed by atoms with E-state index in [1.54, 1.807) is 14.2 Å². The molecule has 1 aromatic rings. The molecule has 0 spiro atoms. The molecule has 1 unspecified atom stereocenters. The first kappa shape index (κ1) is 17.0. The van der Waals surface area contributed by atoms with Gasteiger partial charge in [-0.2, -0.15) is 0 Å². The summed E-state index contributed by atoms with van der Waals surface area (Å²) >= 11 is 0. The topological polar surface area (TPSA) is 76.7 Å². The van der Waals surface area contributed by atoms with Gasteiger partial charge in [0.1, 0.15) is 5.75 Å². The van der Waals surface area contributed by atoms with E-state index >= 15 is 0 Å². The minimum Gasteiger partial charge on any atom is -0.497 e. The van der Waals surface area contributed by atoms with Crippen molar-refractivity contribution in [2.45, 2.75) is 19.4 Å². The van der Waals surface area contributed by atoms with Crippen molar-refractivity contribution < 1.29 is 19.1 Å². The lowest BCUT2D eigenvalue weighted by Crippen LogP contribution is -2.41. The lowest BCUT2D eigenvalue weighted by molar-refractivity contribution is -0.139. The maximum absolute atomic E-state index is 11.6. The van der Waals surface area contributed by atoms with Gasteiger partial charge in [0.05, 0.1) is 13.2 Å². The Bertz CT molecular complexity index is 476. The van der Waals surface area contributed by atoms with E-state index in [2.05, 4.69) is 10.6 Å². The number of rotatable bonds is 7. The predicted molar refractivity (Wildman–Crippen MR) is 79.1 cm³/mol. The molecule has 0 bridgehead atoms. The Labute approximate surface area is 124 Å². The van der Waals surface area contributed by atoms with Gasteiger partial charge in [0.15, 0.2) is 0 Å². The van der Waals surface area contributed by atoms with E-state index < -0.39 is 11.8 Å². The molecule has 2 amide bonds. The van der Waals surface area contributed by atoms with Crippen LogP contribution in [0.2, 0.25) is 0 Å². The first-order valence-corrected chi connectivity index (χ1v) is 6.85. The smallest absolute Gasteiger partial charge is 0.309 e. The fourth-order valence-corrected chi connectivity index (χ4v) is 1.76. The van der Waals surface area contributed by atoms with Crippen molar-refractivity contribution >= 4 is 11.8 Å². The van der Waals surface area contributed by atoms with Crippen LogP contribution in [0.15, 0.2) is 24.3 Å². The minimum absolute atomic E-state index is 0.210. The van der Waals surface area contributed by atoms with E-state index in [-0.39, 0.29) is 12.6 Å². The summed E-state index contributed by atoms with van der Waals surface area (Å²) in [6, 6.07) is 7.38. The SMILES string of the molecule is CCCNC(=O)C(=O)NCC(OC)c1cccc(OC)c1. The number of hydrogen-bond donors (Lipinski definition) is 2. The summed E-state index contributed by atoms with van der Waals surface area (Å²) in [5.41, 5.74) is 0.867. The molecule has 0 aliphatic carbocycles. The van der Waals surface area contributed by atoms with E-state index in [9.17, 15) is 9.59 Å². The molecular formula is C15H22N2O4. The highest BCUT2D eigenvalue weighted by Crippen LogP contribution is 2.20. The molecule has 2 N–H and O–H groups in total. The Morgan fingerprint density at radius 1 is 1.19 bits per heavy atom. The Morgan fingerprint density at radius 2 is 1.90 bits per heavy atom. The molecule has 0 aliphatic heterocycles. The zero-order valence-corrected chi connectivity index (χ0v) is 12.6. The van der Waals surface area contributed by atoms with Crippen LogP contribution >= 0.6 is 0 Å². The minimum atomic E-state index is -0.659. The number of ether oxygens (including phenoxy) is 2. The van der Waals surface area contributed by atoms with Crippen molar-refractivity contribution in [3.05, 3.63) is 29.8 Å². The average Bonchev–Trinajstić information content (AvgIpc) is 2.53. The Morgan fingerprint density at radius 3 is 2.52 bits per heavy atom. The predicted octanol–water partition coefficient (Wildman–Crippen LogP) is 1.03. The van der Waals surface area contributed by atoms with Gasteiger partial charge in [0, 0.05) is 20.2 Å². The molecule has 0 saturated carbocycles. The fourth-order valence-electron chi connectivity index (χ4n) is 1.76. The standard InChI is InChI=1S/C15H22N2O4/c1-4-8-16-14(18)15(19)17-10-13(21-3)11-6-5-7-12(9-11)20-2/h5-7,9,13H,4,8,10H2,1-3H3,(H,16,18)(H,17,19). The molecule has 0 fully saturated rings. The van der Waals surface area contributed by atoms with Crippen LogP contribution in [0.25, 0.3) is 0 Å². The van der Waals surface area contributed by atoms with Gasteiger partial charge < -0.3 is 20.1 Å². The van der Waals surface area contributed by atoms with Gasteiger partial charge in [0.2, 0.25) is 0 Å². The van der Waals surface area contributed by atoms with Crippen LogP contribution in [0.1, 0.15) is 25.0 Å². The van der Waals surface area contributed by atoms with E-state index in [4.69, 9.17) is 9.47 Å². The van der Waals surface area contributed by atoms with Crippen molar-refractivity contribution in [3.8, 4) is 5.75 Å². The zero-order chi connectivity index (χ0) is 15.7. The van der Waals surface area contributed by atoms with E-state index in [1.165, 1.54) is 0 Å². The molecule has 0 heterocycles. The Kier molecular flexibility index (Phi) is 7.25. The second-order valence-electron chi connectivity index (χ2n) is 4.47. The maximum atomic E-state index is 11.6. The summed E-state index contributed by atoms with van der Waals surface area (Å²) in [5, 5.41) is 5.08. The molecule has 116 valence electrons. The summed E-state index contributed by atoms with van der Waals surface area (Å²) < 4.78 is 10.5. The molecule has 1 rings (SSSR count). The number of methoxy groups -OCH3 is 2. The molecule has 6 nitrogen and oxygen atoms in total. The molecule has 0 aromatic heterocycles. The molecule has 1 atom stereocenters. The highest BCUT2D eigenvalue weighted by molar-refractivity contribution is 6.35. The van der Waals surface area contributed by atoms with Crippen LogP contribution < -0.4 is 15.4 Å². The van der Waals surface area contributed by atoms with E-state index in [0.717, 1.165) is 12.0 Å². The summed E-state index contributed by atoms with van der Waals surface area (Å²) in [5.74, 6) is -0.577. The summed E-state index contributed by atoms with van der Waals surface area (Å²) in [7, 11) is 3.13. The second-order valence-corrected chi connectivity index (χ2v) is 4.47. The quantitative estimate of drug-likeness (QED) is 0.736. The summed E-state index contributed by atoms with van der Waals surface area (Å²) in [6.07, 6.45) is 0.437. The van der Waals surface area contributed by atoms with Crippen LogP contribution in [0.5, 0.6) is 5.75 Å². The lowest BCUT2D eigenvalue weighted by atomic mass is 10.1. The van der Waals surface area contributed by atoms with Gasteiger partial charge in [-0.3, -0.25) is 9.59 Å². The molecule has 0 radical (unpaired) electrons. The second kappa shape index (κ2) is 8.97. The van der Waals surface area contributed by atoms with Gasteiger partial charge in [-0.05, 0) is 24.1 Å². The first-order chi connectivity index (χ1) is 10.1. The summed E-state index contributed by atoms with van der Waals surface area (Å²) in [4.78, 5) is 23.1. The van der Waals surface area contributed by atoms with Crippen molar-refractivity contribution in [2.75, 3.05) is 27.3 Å². The normalized spacial score (nSPS) is 11.6. The van der Waals surface area contributed by atoms with Crippen LogP contribution in [-0.4, -0.2) is 39.1 Å². The lowest BCUT2D eigenvalue weighted by Gasteiger charge is -2.17. The highest BCUT2D eigenvalue weighted by atomic mass is 16.5. The van der Waals surface area contributed by atoms with Gasteiger partial charge in [0.25, 0.3) is 0 Å². The number of carbonyl (C=O) groups excluding carboxylic acids is 2. The molecule has 6 heteroatoms. The van der Waals surface area contributed by atoms with Crippen LogP contribution in [-0.2, 0) is 14.3 Å². The fraction of sp³-hybridized carbons (Fsp3) is 0.467. The maximum Gasteiger partial charge on any atom is 0.309 e. The number of nitrogens with one attached hydrogen (secondary N) is 2. The zero-order valence-electron chi connectivity index (χ0n) is 12.6. The van der Waals surface area contributed by atoms with Gasteiger partial charge in [-0.25, -0.2) is 0 Å². The third kappa shape index (κ3) is 5.43. The molecule has 1 aromatic carbocycles. The average molecular weight is 294 g/mol.